The van der Waals surface area contributed by atoms with E-state index in [0.717, 1.165) is 18.9 Å². The van der Waals surface area contributed by atoms with Crippen LogP contribution in [0.3, 0.4) is 0 Å². The second kappa shape index (κ2) is 8.65. The third-order valence-corrected chi connectivity index (χ3v) is 4.03. The molecule has 3 heteroatoms. The highest BCUT2D eigenvalue weighted by Gasteiger charge is 2.20. The Balaban J connectivity index is 2.60. The van der Waals surface area contributed by atoms with Gasteiger partial charge in [-0.3, -0.25) is 0 Å². The number of likely N-dealkylation sites (N-methyl/N-ethyl adjacent to an activating group) is 1. The van der Waals surface area contributed by atoms with Gasteiger partial charge in [-0.15, -0.1) is 11.3 Å². The molecule has 0 bridgehead atoms. The summed E-state index contributed by atoms with van der Waals surface area (Å²) in [6, 6.07) is 0.603. The third-order valence-electron chi connectivity index (χ3n) is 3.23. The Morgan fingerprint density at radius 2 is 1.94 bits per heavy atom. The average molecular weight is 254 g/mol. The van der Waals surface area contributed by atoms with E-state index >= 15 is 0 Å². The lowest BCUT2D eigenvalue weighted by molar-refractivity contribution is 0.312. The van der Waals surface area contributed by atoms with Gasteiger partial charge in [0, 0.05) is 24.0 Å². The summed E-state index contributed by atoms with van der Waals surface area (Å²) in [4.78, 5) is 4.42. The standard InChI is InChI=1S/C14H26N2S/c1-4-7-12(8-5-2)13(15-6-3)11-14-16-9-10-17-14/h9-10,12-13,15H,4-8,11H2,1-3H3. The van der Waals surface area contributed by atoms with Crippen molar-refractivity contribution in [2.45, 2.75) is 58.9 Å². The van der Waals surface area contributed by atoms with Crippen molar-refractivity contribution in [2.24, 2.45) is 5.92 Å². The number of nitrogens with one attached hydrogen (secondary N) is 1. The molecule has 0 aliphatic heterocycles. The van der Waals surface area contributed by atoms with Crippen LogP contribution in [0.25, 0.3) is 0 Å². The van der Waals surface area contributed by atoms with Crippen molar-refractivity contribution in [2.75, 3.05) is 6.54 Å². The largest absolute Gasteiger partial charge is 0.314 e. The molecule has 0 radical (unpaired) electrons. The lowest BCUT2D eigenvalue weighted by Gasteiger charge is -2.27. The molecule has 1 heterocycles. The van der Waals surface area contributed by atoms with Gasteiger partial charge in [-0.25, -0.2) is 4.98 Å². The SMILES string of the molecule is CCCC(CCC)C(Cc1nccs1)NCC. The van der Waals surface area contributed by atoms with E-state index in [0.29, 0.717) is 6.04 Å². The van der Waals surface area contributed by atoms with Crippen LogP contribution in [-0.4, -0.2) is 17.6 Å². The van der Waals surface area contributed by atoms with E-state index < -0.39 is 0 Å². The Hall–Kier alpha value is -0.410. The average Bonchev–Trinajstić information content (AvgIpc) is 2.81. The van der Waals surface area contributed by atoms with Crippen LogP contribution in [0.1, 0.15) is 51.5 Å². The molecule has 17 heavy (non-hydrogen) atoms. The minimum Gasteiger partial charge on any atom is -0.314 e. The Morgan fingerprint density at radius 1 is 1.24 bits per heavy atom. The zero-order chi connectivity index (χ0) is 12.5. The van der Waals surface area contributed by atoms with Crippen LogP contribution in [0.15, 0.2) is 11.6 Å². The maximum absolute atomic E-state index is 4.42. The molecule has 0 saturated carbocycles. The predicted octanol–water partition coefficient (Wildman–Crippen LogP) is 3.88. The van der Waals surface area contributed by atoms with Crippen LogP contribution in [-0.2, 0) is 6.42 Å². The first-order chi connectivity index (χ1) is 8.31. The lowest BCUT2D eigenvalue weighted by atomic mass is 9.88. The number of rotatable bonds is 9. The zero-order valence-electron chi connectivity index (χ0n) is 11.4. The second-order valence-corrected chi connectivity index (χ2v) is 5.61. The Morgan fingerprint density at radius 3 is 2.41 bits per heavy atom. The fourth-order valence-corrected chi connectivity index (χ4v) is 3.17. The van der Waals surface area contributed by atoms with Crippen LogP contribution in [0.4, 0.5) is 0 Å². The summed E-state index contributed by atoms with van der Waals surface area (Å²) in [6.07, 6.45) is 8.23. The van der Waals surface area contributed by atoms with E-state index in [2.05, 4.69) is 36.5 Å². The summed E-state index contributed by atoms with van der Waals surface area (Å²) < 4.78 is 0. The second-order valence-electron chi connectivity index (χ2n) is 4.63. The van der Waals surface area contributed by atoms with Crippen LogP contribution >= 0.6 is 11.3 Å². The zero-order valence-corrected chi connectivity index (χ0v) is 12.2. The molecule has 0 aliphatic rings. The van der Waals surface area contributed by atoms with Gasteiger partial charge in [0.05, 0.1) is 5.01 Å². The van der Waals surface area contributed by atoms with E-state index in [1.165, 1.54) is 30.7 Å². The number of aromatic nitrogens is 1. The molecule has 98 valence electrons. The van der Waals surface area contributed by atoms with Gasteiger partial charge >= 0.3 is 0 Å². The molecule has 0 fully saturated rings. The molecule has 1 aromatic heterocycles. The molecule has 0 amide bonds. The first kappa shape index (κ1) is 14.7. The first-order valence-electron chi connectivity index (χ1n) is 6.93. The van der Waals surface area contributed by atoms with Crippen molar-refractivity contribution in [1.29, 1.82) is 0 Å². The first-order valence-corrected chi connectivity index (χ1v) is 7.81. The summed E-state index contributed by atoms with van der Waals surface area (Å²) in [5.41, 5.74) is 0. The van der Waals surface area contributed by atoms with Crippen molar-refractivity contribution >= 4 is 11.3 Å². The normalized spacial score (nSPS) is 13.2. The fourth-order valence-electron chi connectivity index (χ4n) is 2.50. The van der Waals surface area contributed by atoms with E-state index in [-0.39, 0.29) is 0 Å². The van der Waals surface area contributed by atoms with Crippen LogP contribution in [0.2, 0.25) is 0 Å². The highest BCUT2D eigenvalue weighted by Crippen LogP contribution is 2.21. The van der Waals surface area contributed by atoms with Gasteiger partial charge in [0.2, 0.25) is 0 Å². The highest BCUT2D eigenvalue weighted by atomic mass is 32.1. The van der Waals surface area contributed by atoms with E-state index in [1.807, 2.05) is 6.20 Å². The molecule has 1 N–H and O–H groups in total. The van der Waals surface area contributed by atoms with Crippen LogP contribution < -0.4 is 5.32 Å². The highest BCUT2D eigenvalue weighted by molar-refractivity contribution is 7.09. The molecule has 1 atom stereocenters. The van der Waals surface area contributed by atoms with Gasteiger partial charge in [-0.2, -0.15) is 0 Å². The van der Waals surface area contributed by atoms with Crippen LogP contribution in [0.5, 0.6) is 0 Å². The van der Waals surface area contributed by atoms with Gasteiger partial charge in [0.1, 0.15) is 0 Å². The Bertz CT molecular complexity index is 266. The summed E-state index contributed by atoms with van der Waals surface area (Å²) in [7, 11) is 0. The molecule has 0 saturated heterocycles. The molecule has 2 nitrogen and oxygen atoms in total. The van der Waals surface area contributed by atoms with Crippen molar-refractivity contribution in [3.8, 4) is 0 Å². The van der Waals surface area contributed by atoms with Gasteiger partial charge in [-0.1, -0.05) is 33.6 Å². The molecular formula is C14H26N2S. The Kier molecular flexibility index (Phi) is 7.45. The summed E-state index contributed by atoms with van der Waals surface area (Å²) in [6.45, 7) is 7.83. The summed E-state index contributed by atoms with van der Waals surface area (Å²) in [5, 5.41) is 7.01. The number of hydrogen-bond acceptors (Lipinski definition) is 3. The van der Waals surface area contributed by atoms with Crippen molar-refractivity contribution < 1.29 is 0 Å². The number of thiazole rings is 1. The minimum atomic E-state index is 0.603. The van der Waals surface area contributed by atoms with Crippen molar-refractivity contribution in [1.82, 2.24) is 10.3 Å². The van der Waals surface area contributed by atoms with E-state index in [4.69, 9.17) is 0 Å². The number of nitrogens with zero attached hydrogens (tertiary/aromatic N) is 1. The van der Waals surface area contributed by atoms with E-state index in [9.17, 15) is 0 Å². The monoisotopic (exact) mass is 254 g/mol. The minimum absolute atomic E-state index is 0.603. The molecule has 1 rings (SSSR count). The quantitative estimate of drug-likeness (QED) is 0.723. The maximum atomic E-state index is 4.42. The van der Waals surface area contributed by atoms with Gasteiger partial charge < -0.3 is 5.32 Å². The van der Waals surface area contributed by atoms with Crippen LogP contribution in [0, 0.1) is 5.92 Å². The van der Waals surface area contributed by atoms with Crippen molar-refractivity contribution in [3.05, 3.63) is 16.6 Å². The van der Waals surface area contributed by atoms with E-state index in [1.54, 1.807) is 11.3 Å². The predicted molar refractivity (Wildman–Crippen MR) is 76.6 cm³/mol. The van der Waals surface area contributed by atoms with Crippen molar-refractivity contribution in [3.63, 3.8) is 0 Å². The summed E-state index contributed by atoms with van der Waals surface area (Å²) in [5.74, 6) is 0.800. The topological polar surface area (TPSA) is 24.9 Å². The van der Waals surface area contributed by atoms with Gasteiger partial charge in [0.15, 0.2) is 0 Å². The lowest BCUT2D eigenvalue weighted by Crippen LogP contribution is -2.38. The number of hydrogen-bond donors (Lipinski definition) is 1. The summed E-state index contributed by atoms with van der Waals surface area (Å²) >= 11 is 1.78. The smallest absolute Gasteiger partial charge is 0.0940 e. The molecule has 0 aliphatic carbocycles. The molecule has 0 spiro atoms. The third kappa shape index (κ3) is 5.17. The molecule has 1 unspecified atom stereocenters. The van der Waals surface area contributed by atoms with Gasteiger partial charge in [-0.05, 0) is 25.3 Å². The maximum Gasteiger partial charge on any atom is 0.0940 e. The fraction of sp³-hybridized carbons (Fsp3) is 0.786. The Labute approximate surface area is 110 Å². The molecular weight excluding hydrogens is 228 g/mol. The molecule has 1 aromatic rings. The van der Waals surface area contributed by atoms with Gasteiger partial charge in [0.25, 0.3) is 0 Å². The molecule has 0 aromatic carbocycles.